The van der Waals surface area contributed by atoms with Crippen molar-refractivity contribution in [3.8, 4) is 0 Å². The van der Waals surface area contributed by atoms with Gasteiger partial charge >= 0.3 is 5.97 Å². The number of nitrogens with two attached hydrogens (primary N) is 1. The SMILES string of the molecule is CC(C)(C)OC(=O)CN=CNN. The van der Waals surface area contributed by atoms with E-state index < -0.39 is 5.60 Å². The number of aliphatic imine (C=N–C) groups is 1. The van der Waals surface area contributed by atoms with Gasteiger partial charge in [-0.2, -0.15) is 0 Å². The molecule has 0 aromatic carbocycles. The lowest BCUT2D eigenvalue weighted by molar-refractivity contribution is -0.152. The molecule has 5 heteroatoms. The maximum absolute atomic E-state index is 10.9. The Morgan fingerprint density at radius 2 is 2.25 bits per heavy atom. The molecule has 0 aliphatic carbocycles. The van der Waals surface area contributed by atoms with E-state index >= 15 is 0 Å². The number of hydrogen-bond acceptors (Lipinski definition) is 4. The number of hydrogen-bond donors (Lipinski definition) is 2. The van der Waals surface area contributed by atoms with Gasteiger partial charge in [-0.15, -0.1) is 0 Å². The fraction of sp³-hybridized carbons (Fsp3) is 0.714. The molecule has 0 atom stereocenters. The number of nitrogens with zero attached hydrogens (tertiary/aromatic N) is 1. The van der Waals surface area contributed by atoms with Gasteiger partial charge in [0.1, 0.15) is 12.1 Å². The Bertz CT molecular complexity index is 172. The van der Waals surface area contributed by atoms with Crippen LogP contribution < -0.4 is 11.3 Å². The Labute approximate surface area is 72.0 Å². The molecule has 70 valence electrons. The smallest absolute Gasteiger partial charge is 0.328 e. The van der Waals surface area contributed by atoms with Gasteiger partial charge in [0.2, 0.25) is 0 Å². The molecule has 3 N–H and O–H groups in total. The summed E-state index contributed by atoms with van der Waals surface area (Å²) < 4.78 is 4.96. The molecule has 0 rings (SSSR count). The van der Waals surface area contributed by atoms with Crippen molar-refractivity contribution in [1.29, 1.82) is 0 Å². The van der Waals surface area contributed by atoms with Crippen LogP contribution in [0.3, 0.4) is 0 Å². The molecular weight excluding hydrogens is 158 g/mol. The number of nitrogens with one attached hydrogen (secondary N) is 1. The Balaban J connectivity index is 3.68. The molecule has 0 aliphatic rings. The fourth-order valence-electron chi connectivity index (χ4n) is 0.547. The molecule has 0 unspecified atom stereocenters. The summed E-state index contributed by atoms with van der Waals surface area (Å²) in [5.41, 5.74) is 1.73. The van der Waals surface area contributed by atoms with Crippen molar-refractivity contribution in [2.75, 3.05) is 6.54 Å². The first-order chi connectivity index (χ1) is 5.45. The van der Waals surface area contributed by atoms with E-state index in [1.807, 2.05) is 0 Å². The second-order valence-electron chi connectivity index (χ2n) is 3.22. The van der Waals surface area contributed by atoms with Crippen LogP contribution in [0.4, 0.5) is 0 Å². The number of esters is 1. The monoisotopic (exact) mass is 173 g/mol. The molecule has 5 nitrogen and oxygen atoms in total. The van der Waals surface area contributed by atoms with E-state index in [0.29, 0.717) is 0 Å². The highest BCUT2D eigenvalue weighted by molar-refractivity contribution is 5.74. The molecule has 0 saturated heterocycles. The van der Waals surface area contributed by atoms with Crippen LogP contribution in [0.5, 0.6) is 0 Å². The van der Waals surface area contributed by atoms with Crippen molar-refractivity contribution >= 4 is 12.3 Å². The fourth-order valence-corrected chi connectivity index (χ4v) is 0.547. The average molecular weight is 173 g/mol. The molecule has 0 amide bonds. The lowest BCUT2D eigenvalue weighted by atomic mass is 10.2. The van der Waals surface area contributed by atoms with Gasteiger partial charge in [0.25, 0.3) is 0 Å². The highest BCUT2D eigenvalue weighted by Crippen LogP contribution is 2.06. The predicted molar refractivity (Wildman–Crippen MR) is 46.5 cm³/mol. The highest BCUT2D eigenvalue weighted by Gasteiger charge is 2.14. The Morgan fingerprint density at radius 3 is 2.67 bits per heavy atom. The summed E-state index contributed by atoms with van der Waals surface area (Å²) in [6.07, 6.45) is 1.24. The highest BCUT2D eigenvalue weighted by atomic mass is 16.6. The Kier molecular flexibility index (Phi) is 4.28. The van der Waals surface area contributed by atoms with E-state index in [4.69, 9.17) is 10.6 Å². The second kappa shape index (κ2) is 4.71. The molecular formula is C7H15N3O2. The van der Waals surface area contributed by atoms with Gasteiger partial charge in [-0.25, -0.2) is 5.84 Å². The van der Waals surface area contributed by atoms with Gasteiger partial charge in [-0.05, 0) is 20.8 Å². The standard InChI is InChI=1S/C7H15N3O2/c1-7(2,3)12-6(11)4-9-5-10-8/h5H,4,8H2,1-3H3,(H,9,10). The molecule has 0 saturated carbocycles. The van der Waals surface area contributed by atoms with Crippen LogP contribution in [0.25, 0.3) is 0 Å². The first kappa shape index (κ1) is 10.9. The van der Waals surface area contributed by atoms with E-state index in [9.17, 15) is 4.79 Å². The van der Waals surface area contributed by atoms with Crippen LogP contribution in [-0.2, 0) is 9.53 Å². The van der Waals surface area contributed by atoms with E-state index in [0.717, 1.165) is 0 Å². The van der Waals surface area contributed by atoms with E-state index in [1.165, 1.54) is 6.34 Å². The summed E-state index contributed by atoms with van der Waals surface area (Å²) in [6, 6.07) is 0. The molecule has 0 bridgehead atoms. The number of hydrazine groups is 1. The zero-order valence-electron chi connectivity index (χ0n) is 7.63. The van der Waals surface area contributed by atoms with Crippen molar-refractivity contribution in [2.45, 2.75) is 26.4 Å². The van der Waals surface area contributed by atoms with Crippen LogP contribution in [0.1, 0.15) is 20.8 Å². The maximum Gasteiger partial charge on any atom is 0.328 e. The van der Waals surface area contributed by atoms with Crippen LogP contribution in [0, 0.1) is 0 Å². The zero-order valence-corrected chi connectivity index (χ0v) is 7.63. The summed E-state index contributed by atoms with van der Waals surface area (Å²) in [5, 5.41) is 0. The van der Waals surface area contributed by atoms with Crippen molar-refractivity contribution in [3.05, 3.63) is 0 Å². The minimum atomic E-state index is -0.456. The van der Waals surface area contributed by atoms with Crippen LogP contribution in [0.2, 0.25) is 0 Å². The van der Waals surface area contributed by atoms with Gasteiger partial charge in [-0.1, -0.05) is 0 Å². The van der Waals surface area contributed by atoms with Gasteiger partial charge in [0, 0.05) is 0 Å². The van der Waals surface area contributed by atoms with Crippen LogP contribution >= 0.6 is 0 Å². The van der Waals surface area contributed by atoms with Crippen molar-refractivity contribution in [1.82, 2.24) is 5.43 Å². The topological polar surface area (TPSA) is 76.7 Å². The predicted octanol–water partition coefficient (Wildman–Crippen LogP) is -0.180. The molecule has 0 aromatic rings. The third kappa shape index (κ3) is 7.01. The average Bonchev–Trinajstić information content (AvgIpc) is 1.84. The number of carbonyl (C=O) groups excluding carboxylic acids is 1. The van der Waals surface area contributed by atoms with Gasteiger partial charge in [0.05, 0.1) is 6.34 Å². The van der Waals surface area contributed by atoms with Crippen LogP contribution in [0.15, 0.2) is 4.99 Å². The first-order valence-corrected chi connectivity index (χ1v) is 3.62. The Hall–Kier alpha value is -1.10. The number of ether oxygens (including phenoxy) is 1. The molecule has 12 heavy (non-hydrogen) atoms. The van der Waals surface area contributed by atoms with Crippen LogP contribution in [-0.4, -0.2) is 24.5 Å². The first-order valence-electron chi connectivity index (χ1n) is 3.62. The molecule has 0 radical (unpaired) electrons. The molecule has 0 spiro atoms. The Morgan fingerprint density at radius 1 is 1.67 bits per heavy atom. The normalized spacial score (nSPS) is 11.7. The van der Waals surface area contributed by atoms with Gasteiger partial charge < -0.3 is 10.2 Å². The van der Waals surface area contributed by atoms with E-state index in [-0.39, 0.29) is 12.5 Å². The lowest BCUT2D eigenvalue weighted by Crippen LogP contribution is -2.26. The quantitative estimate of drug-likeness (QED) is 0.204. The largest absolute Gasteiger partial charge is 0.459 e. The minimum Gasteiger partial charge on any atom is -0.459 e. The van der Waals surface area contributed by atoms with E-state index in [2.05, 4.69) is 10.4 Å². The minimum absolute atomic E-state index is 0.0124. The zero-order chi connectivity index (χ0) is 9.61. The number of carbonyl (C=O) groups is 1. The van der Waals surface area contributed by atoms with Crippen molar-refractivity contribution in [2.24, 2.45) is 10.8 Å². The van der Waals surface area contributed by atoms with Gasteiger partial charge in [0.15, 0.2) is 0 Å². The van der Waals surface area contributed by atoms with E-state index in [1.54, 1.807) is 20.8 Å². The second-order valence-corrected chi connectivity index (χ2v) is 3.22. The maximum atomic E-state index is 10.9. The van der Waals surface area contributed by atoms with Crippen molar-refractivity contribution in [3.63, 3.8) is 0 Å². The molecule has 0 fully saturated rings. The summed E-state index contributed by atoms with van der Waals surface area (Å²) in [7, 11) is 0. The third-order valence-corrected chi connectivity index (χ3v) is 0.806. The van der Waals surface area contributed by atoms with Gasteiger partial charge in [-0.3, -0.25) is 9.79 Å². The molecule has 0 aliphatic heterocycles. The summed E-state index contributed by atoms with van der Waals surface area (Å²) in [6.45, 7) is 5.39. The summed E-state index contributed by atoms with van der Waals surface area (Å²) in [5.74, 6) is 4.52. The summed E-state index contributed by atoms with van der Waals surface area (Å²) in [4.78, 5) is 14.6. The lowest BCUT2D eigenvalue weighted by Gasteiger charge is -2.18. The van der Waals surface area contributed by atoms with Crippen molar-refractivity contribution < 1.29 is 9.53 Å². The molecule has 0 aromatic heterocycles. The summed E-state index contributed by atoms with van der Waals surface area (Å²) >= 11 is 0. The third-order valence-electron chi connectivity index (χ3n) is 0.806. The number of rotatable bonds is 3. The molecule has 0 heterocycles.